The van der Waals surface area contributed by atoms with Crippen molar-refractivity contribution in [2.24, 2.45) is 0 Å². The molecule has 82 valence electrons. The second-order valence-corrected chi connectivity index (χ2v) is 4.40. The van der Waals surface area contributed by atoms with Crippen LogP contribution in [-0.4, -0.2) is 30.8 Å². The zero-order valence-corrected chi connectivity index (χ0v) is 9.79. The maximum atomic E-state index is 5.74. The smallest absolute Gasteiger partial charge is 0.129 e. The van der Waals surface area contributed by atoms with Gasteiger partial charge in [0.1, 0.15) is 5.82 Å². The summed E-state index contributed by atoms with van der Waals surface area (Å²) in [5.41, 5.74) is 0.902. The Hall–Kier alpha value is -0.800. The second-order valence-electron chi connectivity index (χ2n) is 4.13. The molecule has 2 rings (SSSR count). The highest BCUT2D eigenvalue weighted by molar-refractivity contribution is 6.16. The molecule has 1 aliphatic heterocycles. The topological polar surface area (TPSA) is 25.4 Å². The predicted octanol–water partition coefficient (Wildman–Crippen LogP) is 2.05. The van der Waals surface area contributed by atoms with Crippen LogP contribution in [0.15, 0.2) is 18.2 Å². The molecular weight excluding hydrogens is 212 g/mol. The van der Waals surface area contributed by atoms with Crippen LogP contribution in [0.4, 0.5) is 5.82 Å². The largest absolute Gasteiger partial charge is 0.375 e. The van der Waals surface area contributed by atoms with Gasteiger partial charge < -0.3 is 9.64 Å². The lowest BCUT2D eigenvalue weighted by Crippen LogP contribution is -2.61. The first-order valence-electron chi connectivity index (χ1n) is 4.99. The van der Waals surface area contributed by atoms with E-state index in [1.54, 1.807) is 7.11 Å². The fourth-order valence-electron chi connectivity index (χ4n) is 1.77. The molecule has 1 fully saturated rings. The number of ether oxygens (including phenoxy) is 1. The van der Waals surface area contributed by atoms with Gasteiger partial charge in [-0.25, -0.2) is 4.98 Å². The SMILES string of the molecule is COC1(C)CN(c2cccc(CCl)n2)C1. The van der Waals surface area contributed by atoms with Crippen LogP contribution in [0.3, 0.4) is 0 Å². The summed E-state index contributed by atoms with van der Waals surface area (Å²) in [6.45, 7) is 3.89. The number of hydrogen-bond acceptors (Lipinski definition) is 3. The monoisotopic (exact) mass is 226 g/mol. The Bertz CT molecular complexity index is 350. The minimum atomic E-state index is -0.0152. The van der Waals surface area contributed by atoms with Crippen LogP contribution < -0.4 is 4.90 Å². The maximum absolute atomic E-state index is 5.74. The first-order chi connectivity index (χ1) is 7.17. The van der Waals surface area contributed by atoms with Gasteiger partial charge in [0.15, 0.2) is 0 Å². The summed E-state index contributed by atoms with van der Waals surface area (Å²) in [7, 11) is 1.75. The first-order valence-corrected chi connectivity index (χ1v) is 5.52. The van der Waals surface area contributed by atoms with Gasteiger partial charge in [-0.1, -0.05) is 6.07 Å². The molecule has 0 aromatic carbocycles. The molecule has 4 heteroatoms. The van der Waals surface area contributed by atoms with Crippen molar-refractivity contribution in [3.63, 3.8) is 0 Å². The van der Waals surface area contributed by atoms with Crippen LogP contribution in [0, 0.1) is 0 Å². The highest BCUT2D eigenvalue weighted by atomic mass is 35.5. The van der Waals surface area contributed by atoms with E-state index < -0.39 is 0 Å². The number of rotatable bonds is 3. The van der Waals surface area contributed by atoms with Crippen LogP contribution in [0.5, 0.6) is 0 Å². The van der Waals surface area contributed by atoms with Gasteiger partial charge in [0, 0.05) is 20.2 Å². The van der Waals surface area contributed by atoms with Gasteiger partial charge in [-0.05, 0) is 19.1 Å². The van der Waals surface area contributed by atoms with Crippen molar-refractivity contribution in [2.75, 3.05) is 25.1 Å². The van der Waals surface area contributed by atoms with Crippen LogP contribution in [-0.2, 0) is 10.6 Å². The van der Waals surface area contributed by atoms with Crippen molar-refractivity contribution >= 4 is 17.4 Å². The van der Waals surface area contributed by atoms with Crippen LogP contribution >= 0.6 is 11.6 Å². The Morgan fingerprint density at radius 3 is 2.87 bits per heavy atom. The number of hydrogen-bond donors (Lipinski definition) is 0. The predicted molar refractivity (Wildman–Crippen MR) is 61.4 cm³/mol. The number of methoxy groups -OCH3 is 1. The van der Waals surface area contributed by atoms with E-state index in [0.29, 0.717) is 5.88 Å². The minimum absolute atomic E-state index is 0.0152. The normalized spacial score (nSPS) is 18.7. The highest BCUT2D eigenvalue weighted by Gasteiger charge is 2.39. The van der Waals surface area contributed by atoms with Crippen molar-refractivity contribution < 1.29 is 4.74 Å². The second kappa shape index (κ2) is 3.99. The van der Waals surface area contributed by atoms with Gasteiger partial charge >= 0.3 is 0 Å². The van der Waals surface area contributed by atoms with Crippen LogP contribution in [0.1, 0.15) is 12.6 Å². The lowest BCUT2D eigenvalue weighted by Gasteiger charge is -2.47. The Balaban J connectivity index is 2.06. The Kier molecular flexibility index (Phi) is 2.85. The molecule has 0 spiro atoms. The van der Waals surface area contributed by atoms with Gasteiger partial charge in [-0.2, -0.15) is 0 Å². The summed E-state index contributed by atoms with van der Waals surface area (Å²) in [5.74, 6) is 1.45. The summed E-state index contributed by atoms with van der Waals surface area (Å²) in [6.07, 6.45) is 0. The van der Waals surface area contributed by atoms with Crippen molar-refractivity contribution in [3.8, 4) is 0 Å². The molecule has 15 heavy (non-hydrogen) atoms. The Morgan fingerprint density at radius 2 is 2.27 bits per heavy atom. The number of halogens is 1. The molecule has 1 aromatic heterocycles. The lowest BCUT2D eigenvalue weighted by atomic mass is 9.96. The van der Waals surface area contributed by atoms with Gasteiger partial charge in [-0.15, -0.1) is 11.6 Å². The number of aromatic nitrogens is 1. The molecule has 1 aliphatic rings. The zero-order valence-electron chi connectivity index (χ0n) is 9.03. The zero-order chi connectivity index (χ0) is 10.9. The minimum Gasteiger partial charge on any atom is -0.375 e. The summed E-state index contributed by atoms with van der Waals surface area (Å²) in [4.78, 5) is 6.65. The number of nitrogens with zero attached hydrogens (tertiary/aromatic N) is 2. The number of anilines is 1. The average Bonchev–Trinajstić information content (AvgIpc) is 2.25. The van der Waals surface area contributed by atoms with Gasteiger partial charge in [0.05, 0.1) is 17.2 Å². The molecule has 0 atom stereocenters. The highest BCUT2D eigenvalue weighted by Crippen LogP contribution is 2.28. The van der Waals surface area contributed by atoms with Gasteiger partial charge in [-0.3, -0.25) is 0 Å². The Morgan fingerprint density at radius 1 is 1.53 bits per heavy atom. The fraction of sp³-hybridized carbons (Fsp3) is 0.545. The van der Waals surface area contributed by atoms with E-state index >= 15 is 0 Å². The van der Waals surface area contributed by atoms with E-state index in [1.807, 2.05) is 18.2 Å². The third-order valence-electron chi connectivity index (χ3n) is 2.80. The van der Waals surface area contributed by atoms with E-state index in [2.05, 4.69) is 16.8 Å². The molecule has 3 nitrogen and oxygen atoms in total. The molecule has 1 saturated heterocycles. The molecule has 0 aliphatic carbocycles. The maximum Gasteiger partial charge on any atom is 0.129 e. The standard InChI is InChI=1S/C11H15ClN2O/c1-11(15-2)7-14(8-11)10-5-3-4-9(6-12)13-10/h3-5H,6-8H2,1-2H3. The quantitative estimate of drug-likeness (QED) is 0.738. The molecule has 2 heterocycles. The van der Waals surface area contributed by atoms with E-state index in [1.165, 1.54) is 0 Å². The summed E-state index contributed by atoms with van der Waals surface area (Å²) in [5, 5.41) is 0. The number of alkyl halides is 1. The molecule has 0 saturated carbocycles. The van der Waals surface area contributed by atoms with Gasteiger partial charge in [0.25, 0.3) is 0 Å². The first kappa shape index (κ1) is 10.7. The molecular formula is C11H15ClN2O. The van der Waals surface area contributed by atoms with Crippen molar-refractivity contribution in [1.29, 1.82) is 0 Å². The third kappa shape index (κ3) is 2.08. The molecule has 0 unspecified atom stereocenters. The Labute approximate surface area is 95.0 Å². The molecule has 0 N–H and O–H groups in total. The van der Waals surface area contributed by atoms with E-state index in [-0.39, 0.29) is 5.60 Å². The lowest BCUT2D eigenvalue weighted by molar-refractivity contribution is -0.0171. The van der Waals surface area contributed by atoms with Gasteiger partial charge in [0.2, 0.25) is 0 Å². The molecule has 0 bridgehead atoms. The van der Waals surface area contributed by atoms with E-state index in [4.69, 9.17) is 16.3 Å². The summed E-state index contributed by atoms with van der Waals surface area (Å²) < 4.78 is 5.39. The molecule has 0 radical (unpaired) electrons. The van der Waals surface area contributed by atoms with E-state index in [0.717, 1.165) is 24.6 Å². The average molecular weight is 227 g/mol. The fourth-order valence-corrected chi connectivity index (χ4v) is 1.92. The van der Waals surface area contributed by atoms with Crippen LogP contribution in [0.25, 0.3) is 0 Å². The molecule has 0 amide bonds. The van der Waals surface area contributed by atoms with E-state index in [9.17, 15) is 0 Å². The van der Waals surface area contributed by atoms with Crippen molar-refractivity contribution in [3.05, 3.63) is 23.9 Å². The van der Waals surface area contributed by atoms with Crippen molar-refractivity contribution in [2.45, 2.75) is 18.4 Å². The molecule has 1 aromatic rings. The third-order valence-corrected chi connectivity index (χ3v) is 3.07. The van der Waals surface area contributed by atoms with Crippen LogP contribution in [0.2, 0.25) is 0 Å². The summed E-state index contributed by atoms with van der Waals surface area (Å²) >= 11 is 5.74. The summed E-state index contributed by atoms with van der Waals surface area (Å²) in [6, 6.07) is 5.93. The number of pyridine rings is 1. The van der Waals surface area contributed by atoms with Crippen molar-refractivity contribution in [1.82, 2.24) is 4.98 Å².